The van der Waals surface area contributed by atoms with E-state index in [9.17, 15) is 9.90 Å². The fourth-order valence-electron chi connectivity index (χ4n) is 2.66. The van der Waals surface area contributed by atoms with Crippen molar-refractivity contribution in [3.8, 4) is 5.75 Å². The number of benzene rings is 1. The first-order valence-electron chi connectivity index (χ1n) is 5.97. The zero-order chi connectivity index (χ0) is 13.7. The van der Waals surface area contributed by atoms with E-state index < -0.39 is 0 Å². The zero-order valence-electron chi connectivity index (χ0n) is 11.0. The molecule has 18 heavy (non-hydrogen) atoms. The van der Waals surface area contributed by atoms with Crippen molar-refractivity contribution in [1.29, 1.82) is 0 Å². The summed E-state index contributed by atoms with van der Waals surface area (Å²) < 4.78 is 0. The van der Waals surface area contributed by atoms with Crippen LogP contribution in [0.1, 0.15) is 27.7 Å². The summed E-state index contributed by atoms with van der Waals surface area (Å²) in [5.74, 6) is 0.0533. The van der Waals surface area contributed by atoms with Crippen LogP contribution in [0.15, 0.2) is 18.2 Å². The molecule has 4 heteroatoms. The van der Waals surface area contributed by atoms with E-state index in [0.717, 1.165) is 0 Å². The second-order valence-electron chi connectivity index (χ2n) is 6.03. The number of halogens is 1. The van der Waals surface area contributed by atoms with E-state index in [1.165, 1.54) is 12.1 Å². The zero-order valence-corrected chi connectivity index (χ0v) is 11.8. The molecule has 0 heterocycles. The van der Waals surface area contributed by atoms with Crippen molar-refractivity contribution in [3.63, 3.8) is 0 Å². The summed E-state index contributed by atoms with van der Waals surface area (Å²) in [6.45, 7) is 8.37. The molecular formula is C14H18ClNO2. The summed E-state index contributed by atoms with van der Waals surface area (Å²) in [6, 6.07) is 4.53. The quantitative estimate of drug-likeness (QED) is 0.804. The summed E-state index contributed by atoms with van der Waals surface area (Å²) in [6.07, 6.45) is 0. The molecule has 1 fully saturated rings. The normalized spacial score (nSPS) is 20.5. The van der Waals surface area contributed by atoms with Crippen molar-refractivity contribution in [2.24, 2.45) is 16.7 Å². The fourth-order valence-corrected chi connectivity index (χ4v) is 2.88. The lowest BCUT2D eigenvalue weighted by Crippen LogP contribution is -2.17. The van der Waals surface area contributed by atoms with E-state index in [0.29, 0.717) is 10.7 Å². The van der Waals surface area contributed by atoms with Gasteiger partial charge in [0.2, 0.25) is 5.91 Å². The Morgan fingerprint density at radius 1 is 1.28 bits per heavy atom. The minimum absolute atomic E-state index is 0.000475. The van der Waals surface area contributed by atoms with E-state index in [4.69, 9.17) is 11.6 Å². The van der Waals surface area contributed by atoms with Crippen LogP contribution in [0.4, 0.5) is 5.69 Å². The number of carbonyl (C=O) groups is 1. The van der Waals surface area contributed by atoms with Gasteiger partial charge in [-0.3, -0.25) is 4.79 Å². The molecule has 3 nitrogen and oxygen atoms in total. The van der Waals surface area contributed by atoms with Gasteiger partial charge in [0.05, 0.1) is 10.7 Å². The topological polar surface area (TPSA) is 49.3 Å². The van der Waals surface area contributed by atoms with E-state index in [-0.39, 0.29) is 28.4 Å². The SMILES string of the molecule is CC1(C)C(C(=O)Nc2ccc(O)cc2Cl)C1(C)C. The number of hydrogen-bond donors (Lipinski definition) is 2. The maximum absolute atomic E-state index is 12.2. The Kier molecular flexibility index (Phi) is 2.85. The lowest BCUT2D eigenvalue weighted by Gasteiger charge is -2.08. The van der Waals surface area contributed by atoms with Crippen LogP contribution < -0.4 is 5.32 Å². The number of aromatic hydroxyl groups is 1. The van der Waals surface area contributed by atoms with Gasteiger partial charge >= 0.3 is 0 Å². The number of amides is 1. The summed E-state index contributed by atoms with van der Waals surface area (Å²) in [4.78, 5) is 12.2. The molecule has 0 saturated heterocycles. The number of hydrogen-bond acceptors (Lipinski definition) is 2. The molecule has 1 aliphatic rings. The van der Waals surface area contributed by atoms with Crippen molar-refractivity contribution >= 4 is 23.2 Å². The standard InChI is InChI=1S/C14H18ClNO2/c1-13(2)11(14(13,3)4)12(18)16-10-6-5-8(17)7-9(10)15/h5-7,11,17H,1-4H3,(H,16,18). The van der Waals surface area contributed by atoms with E-state index in [2.05, 4.69) is 33.0 Å². The number of nitrogens with one attached hydrogen (secondary N) is 1. The van der Waals surface area contributed by atoms with Crippen molar-refractivity contribution in [2.75, 3.05) is 5.32 Å². The molecule has 2 N–H and O–H groups in total. The number of carbonyl (C=O) groups excluding carboxylic acids is 1. The van der Waals surface area contributed by atoms with Gasteiger partial charge in [0.1, 0.15) is 5.75 Å². The largest absolute Gasteiger partial charge is 0.508 e. The van der Waals surface area contributed by atoms with Crippen LogP contribution in [0, 0.1) is 16.7 Å². The molecule has 0 aromatic heterocycles. The Morgan fingerprint density at radius 2 is 1.83 bits per heavy atom. The molecule has 0 spiro atoms. The van der Waals surface area contributed by atoms with E-state index in [1.807, 2.05) is 0 Å². The van der Waals surface area contributed by atoms with Gasteiger partial charge in [0.25, 0.3) is 0 Å². The highest BCUT2D eigenvalue weighted by molar-refractivity contribution is 6.33. The molecule has 1 aliphatic carbocycles. The molecule has 0 atom stereocenters. The van der Waals surface area contributed by atoms with Crippen LogP contribution in [0.5, 0.6) is 5.75 Å². The molecule has 1 amide bonds. The average Bonchev–Trinajstić information content (AvgIpc) is 2.62. The molecule has 98 valence electrons. The number of phenols is 1. The molecule has 1 saturated carbocycles. The van der Waals surface area contributed by atoms with Gasteiger partial charge in [-0.15, -0.1) is 0 Å². The van der Waals surface area contributed by atoms with E-state index in [1.54, 1.807) is 6.07 Å². The summed E-state index contributed by atoms with van der Waals surface area (Å²) >= 11 is 5.97. The Balaban J connectivity index is 2.14. The molecule has 0 bridgehead atoms. The maximum Gasteiger partial charge on any atom is 0.228 e. The highest BCUT2D eigenvalue weighted by Gasteiger charge is 2.68. The lowest BCUT2D eigenvalue weighted by molar-refractivity contribution is -0.118. The first-order chi connectivity index (χ1) is 8.18. The third kappa shape index (κ3) is 1.87. The molecule has 1 aromatic rings. The van der Waals surface area contributed by atoms with Gasteiger partial charge in [-0.05, 0) is 23.0 Å². The van der Waals surface area contributed by atoms with Crippen molar-refractivity contribution in [1.82, 2.24) is 0 Å². The molecule has 1 aromatic carbocycles. The minimum atomic E-state index is -0.0186. The van der Waals surface area contributed by atoms with E-state index >= 15 is 0 Å². The van der Waals surface area contributed by atoms with Gasteiger partial charge in [-0.1, -0.05) is 39.3 Å². The fraction of sp³-hybridized carbons (Fsp3) is 0.500. The number of rotatable bonds is 2. The predicted molar refractivity (Wildman–Crippen MR) is 72.8 cm³/mol. The van der Waals surface area contributed by atoms with Crippen LogP contribution in [0.25, 0.3) is 0 Å². The van der Waals surface area contributed by atoms with Crippen LogP contribution >= 0.6 is 11.6 Å². The third-order valence-corrected chi connectivity index (χ3v) is 4.81. The van der Waals surface area contributed by atoms with Gasteiger partial charge < -0.3 is 10.4 Å². The Bertz CT molecular complexity index is 495. The van der Waals surface area contributed by atoms with Gasteiger partial charge in [-0.25, -0.2) is 0 Å². The van der Waals surface area contributed by atoms with Crippen LogP contribution in [-0.4, -0.2) is 11.0 Å². The summed E-state index contributed by atoms with van der Waals surface area (Å²) in [5, 5.41) is 12.4. The smallest absolute Gasteiger partial charge is 0.228 e. The third-order valence-electron chi connectivity index (χ3n) is 4.49. The second kappa shape index (κ2) is 3.89. The Hall–Kier alpha value is -1.22. The maximum atomic E-state index is 12.2. The second-order valence-corrected chi connectivity index (χ2v) is 6.44. The Labute approximate surface area is 112 Å². The van der Waals surface area contributed by atoms with Gasteiger partial charge in [0, 0.05) is 12.0 Å². The van der Waals surface area contributed by atoms with Crippen LogP contribution in [0.3, 0.4) is 0 Å². The van der Waals surface area contributed by atoms with Crippen molar-refractivity contribution < 1.29 is 9.90 Å². The summed E-state index contributed by atoms with van der Waals surface area (Å²) in [5.41, 5.74) is 0.541. The van der Waals surface area contributed by atoms with Gasteiger partial charge in [0.15, 0.2) is 0 Å². The Morgan fingerprint density at radius 3 is 2.28 bits per heavy atom. The number of phenolic OH excluding ortho intramolecular Hbond substituents is 1. The predicted octanol–water partition coefficient (Wildman–Crippen LogP) is 3.67. The molecular weight excluding hydrogens is 250 g/mol. The molecule has 0 radical (unpaired) electrons. The first-order valence-corrected chi connectivity index (χ1v) is 6.35. The summed E-state index contributed by atoms with van der Waals surface area (Å²) in [7, 11) is 0. The molecule has 0 unspecified atom stereocenters. The average molecular weight is 268 g/mol. The van der Waals surface area contributed by atoms with Crippen LogP contribution in [0.2, 0.25) is 5.02 Å². The molecule has 0 aliphatic heterocycles. The minimum Gasteiger partial charge on any atom is -0.508 e. The molecule has 2 rings (SSSR count). The van der Waals surface area contributed by atoms with Crippen molar-refractivity contribution in [3.05, 3.63) is 23.2 Å². The number of anilines is 1. The van der Waals surface area contributed by atoms with Gasteiger partial charge in [-0.2, -0.15) is 0 Å². The highest BCUT2D eigenvalue weighted by Crippen LogP contribution is 2.68. The van der Waals surface area contributed by atoms with Crippen LogP contribution in [-0.2, 0) is 4.79 Å². The monoisotopic (exact) mass is 267 g/mol. The van der Waals surface area contributed by atoms with Crippen molar-refractivity contribution in [2.45, 2.75) is 27.7 Å². The first kappa shape index (κ1) is 13.2. The lowest BCUT2D eigenvalue weighted by atomic mass is 10.0. The highest BCUT2D eigenvalue weighted by atomic mass is 35.5.